The van der Waals surface area contributed by atoms with E-state index in [9.17, 15) is 13.2 Å². The van der Waals surface area contributed by atoms with E-state index < -0.39 is 21.5 Å². The van der Waals surface area contributed by atoms with E-state index in [1.165, 1.54) is 18.5 Å². The van der Waals surface area contributed by atoms with E-state index in [2.05, 4.69) is 15.3 Å². The van der Waals surface area contributed by atoms with Crippen LogP contribution in [-0.2, 0) is 21.2 Å². The Balaban J connectivity index is 1.65. The summed E-state index contributed by atoms with van der Waals surface area (Å²) in [6, 6.07) is 22.8. The number of rotatable bonds is 8. The van der Waals surface area contributed by atoms with E-state index in [-0.39, 0.29) is 10.7 Å². The molecule has 3 heterocycles. The molecule has 5 rings (SSSR count). The van der Waals surface area contributed by atoms with Crippen molar-refractivity contribution in [1.82, 2.24) is 19.9 Å². The van der Waals surface area contributed by atoms with Crippen LogP contribution in [0.2, 0.25) is 0 Å². The van der Waals surface area contributed by atoms with E-state index in [0.717, 1.165) is 22.2 Å². The van der Waals surface area contributed by atoms with Crippen molar-refractivity contribution in [2.45, 2.75) is 11.4 Å². The van der Waals surface area contributed by atoms with Crippen LogP contribution in [0, 0.1) is 0 Å². The molecule has 37 heavy (non-hydrogen) atoms. The van der Waals surface area contributed by atoms with Gasteiger partial charge < -0.3 is 11.1 Å². The Labute approximate surface area is 213 Å². The summed E-state index contributed by atoms with van der Waals surface area (Å²) in [6.07, 6.45) is 4.38. The van der Waals surface area contributed by atoms with Gasteiger partial charge in [0.2, 0.25) is 5.91 Å². The Kier molecular flexibility index (Phi) is 6.57. The minimum Gasteiger partial charge on any atom is -0.369 e. The molecule has 0 aliphatic carbocycles. The minimum atomic E-state index is -3.95. The number of sulfone groups is 1. The molecule has 1 amide bonds. The van der Waals surface area contributed by atoms with Gasteiger partial charge in [0.05, 0.1) is 28.0 Å². The molecule has 10 heteroatoms. The standard InChI is InChI=1S/C27H22N6O3S/c28-24(34)17-37(35,36)21-13-19(14-29-16-21)26-32-23-11-6-10-22(18-7-2-1-3-8-18)25(23)27(33-26)31-15-20-9-4-5-12-30-20/h1-14,16H,15,17H2,(H2,28,34)(H,31,32,33). The molecule has 0 saturated carbocycles. The number of anilines is 1. The zero-order valence-corrected chi connectivity index (χ0v) is 20.4. The number of amides is 1. The van der Waals surface area contributed by atoms with Crippen LogP contribution < -0.4 is 11.1 Å². The van der Waals surface area contributed by atoms with Gasteiger partial charge in [0.15, 0.2) is 15.7 Å². The summed E-state index contributed by atoms with van der Waals surface area (Å²) in [4.78, 5) is 29.1. The molecule has 184 valence electrons. The molecule has 0 fully saturated rings. The molecular weight excluding hydrogens is 488 g/mol. The summed E-state index contributed by atoms with van der Waals surface area (Å²) < 4.78 is 25.1. The third-order valence-corrected chi connectivity index (χ3v) is 7.24. The van der Waals surface area contributed by atoms with Crippen LogP contribution in [0.3, 0.4) is 0 Å². The van der Waals surface area contributed by atoms with Gasteiger partial charge in [-0.3, -0.25) is 14.8 Å². The normalized spacial score (nSPS) is 11.4. The number of carbonyl (C=O) groups excluding carboxylic acids is 1. The molecule has 0 atom stereocenters. The molecule has 9 nitrogen and oxygen atoms in total. The van der Waals surface area contributed by atoms with Gasteiger partial charge in [-0.25, -0.2) is 18.4 Å². The molecular formula is C27H22N6O3S. The summed E-state index contributed by atoms with van der Waals surface area (Å²) >= 11 is 0. The minimum absolute atomic E-state index is 0.131. The monoisotopic (exact) mass is 510 g/mol. The first-order chi connectivity index (χ1) is 17.9. The number of hydrogen-bond acceptors (Lipinski definition) is 8. The fraction of sp³-hybridized carbons (Fsp3) is 0.0741. The Morgan fingerprint density at radius 1 is 0.892 bits per heavy atom. The van der Waals surface area contributed by atoms with Gasteiger partial charge in [-0.15, -0.1) is 0 Å². The first kappa shape index (κ1) is 24.0. The number of benzene rings is 2. The molecule has 0 bridgehead atoms. The molecule has 0 aliphatic heterocycles. The van der Waals surface area contributed by atoms with Gasteiger partial charge in [0.1, 0.15) is 11.6 Å². The number of hydrogen-bond donors (Lipinski definition) is 2. The fourth-order valence-electron chi connectivity index (χ4n) is 3.96. The number of nitrogens with one attached hydrogen (secondary N) is 1. The molecule has 3 aromatic heterocycles. The fourth-order valence-corrected chi connectivity index (χ4v) is 5.03. The summed E-state index contributed by atoms with van der Waals surface area (Å²) in [5.74, 6) is -0.907. The average Bonchev–Trinajstić information content (AvgIpc) is 2.91. The van der Waals surface area contributed by atoms with Crippen LogP contribution >= 0.6 is 0 Å². The first-order valence-electron chi connectivity index (χ1n) is 11.4. The third-order valence-electron chi connectivity index (χ3n) is 5.63. The topological polar surface area (TPSA) is 141 Å². The smallest absolute Gasteiger partial charge is 0.233 e. The second-order valence-electron chi connectivity index (χ2n) is 8.27. The third kappa shape index (κ3) is 5.29. The zero-order valence-electron chi connectivity index (χ0n) is 19.6. The van der Waals surface area contributed by atoms with Crippen molar-refractivity contribution in [1.29, 1.82) is 0 Å². The van der Waals surface area contributed by atoms with Gasteiger partial charge in [-0.05, 0) is 35.4 Å². The summed E-state index contributed by atoms with van der Waals surface area (Å²) in [5, 5.41) is 4.20. The van der Waals surface area contributed by atoms with Crippen LogP contribution in [0.15, 0.2) is 96.3 Å². The maximum absolute atomic E-state index is 12.6. The molecule has 0 unspecified atom stereocenters. The molecule has 3 N–H and O–H groups in total. The van der Waals surface area contributed by atoms with Crippen molar-refractivity contribution in [2.75, 3.05) is 11.1 Å². The number of nitrogens with two attached hydrogens (primary N) is 1. The second-order valence-corrected chi connectivity index (χ2v) is 10.3. The number of primary amides is 1. The van der Waals surface area contributed by atoms with Crippen molar-refractivity contribution in [2.24, 2.45) is 5.73 Å². The van der Waals surface area contributed by atoms with Gasteiger partial charge in [0.25, 0.3) is 0 Å². The van der Waals surface area contributed by atoms with Crippen LogP contribution in [0.25, 0.3) is 33.4 Å². The molecule has 0 radical (unpaired) electrons. The van der Waals surface area contributed by atoms with Gasteiger partial charge >= 0.3 is 0 Å². The second kappa shape index (κ2) is 10.1. The quantitative estimate of drug-likeness (QED) is 0.322. The molecule has 0 saturated heterocycles. The van der Waals surface area contributed by atoms with Crippen LogP contribution in [0.4, 0.5) is 5.82 Å². The predicted octanol–water partition coefficient (Wildman–Crippen LogP) is 3.62. The van der Waals surface area contributed by atoms with Crippen LogP contribution in [-0.4, -0.2) is 40.0 Å². The summed E-state index contributed by atoms with van der Waals surface area (Å²) in [6.45, 7) is 0.417. The highest BCUT2D eigenvalue weighted by Gasteiger charge is 2.20. The van der Waals surface area contributed by atoms with Crippen molar-refractivity contribution in [3.05, 3.63) is 97.1 Å². The van der Waals surface area contributed by atoms with Crippen molar-refractivity contribution >= 4 is 32.5 Å². The number of nitrogens with zero attached hydrogens (tertiary/aromatic N) is 4. The lowest BCUT2D eigenvalue weighted by Crippen LogP contribution is -2.23. The van der Waals surface area contributed by atoms with Crippen molar-refractivity contribution < 1.29 is 13.2 Å². The van der Waals surface area contributed by atoms with Crippen molar-refractivity contribution in [3.63, 3.8) is 0 Å². The van der Waals surface area contributed by atoms with E-state index in [4.69, 9.17) is 15.7 Å². The predicted molar refractivity (Wildman–Crippen MR) is 141 cm³/mol. The van der Waals surface area contributed by atoms with Gasteiger partial charge in [-0.2, -0.15) is 0 Å². The highest BCUT2D eigenvalue weighted by molar-refractivity contribution is 7.92. The average molecular weight is 511 g/mol. The lowest BCUT2D eigenvalue weighted by Gasteiger charge is -2.14. The Morgan fingerprint density at radius 2 is 1.70 bits per heavy atom. The van der Waals surface area contributed by atoms with Crippen molar-refractivity contribution in [3.8, 4) is 22.5 Å². The van der Waals surface area contributed by atoms with Crippen LogP contribution in [0.1, 0.15) is 5.69 Å². The number of aromatic nitrogens is 4. The molecule has 2 aromatic carbocycles. The maximum Gasteiger partial charge on any atom is 0.233 e. The van der Waals surface area contributed by atoms with E-state index in [1.54, 1.807) is 6.20 Å². The summed E-state index contributed by atoms with van der Waals surface area (Å²) in [7, 11) is -3.95. The lowest BCUT2D eigenvalue weighted by atomic mass is 10.0. The number of fused-ring (bicyclic) bond motifs is 1. The Morgan fingerprint density at radius 3 is 2.46 bits per heavy atom. The highest BCUT2D eigenvalue weighted by atomic mass is 32.2. The van der Waals surface area contributed by atoms with E-state index in [1.807, 2.05) is 66.7 Å². The Bertz CT molecular complexity index is 1690. The first-order valence-corrected chi connectivity index (χ1v) is 13.0. The van der Waals surface area contributed by atoms with E-state index >= 15 is 0 Å². The molecule has 0 aliphatic rings. The largest absolute Gasteiger partial charge is 0.369 e. The van der Waals surface area contributed by atoms with Crippen LogP contribution in [0.5, 0.6) is 0 Å². The zero-order chi connectivity index (χ0) is 25.8. The van der Waals surface area contributed by atoms with E-state index in [0.29, 0.717) is 23.4 Å². The highest BCUT2D eigenvalue weighted by Crippen LogP contribution is 2.34. The number of carbonyl (C=O) groups is 1. The SMILES string of the molecule is NC(=O)CS(=O)(=O)c1cncc(-c2nc(NCc3ccccn3)c3c(-c4ccccc4)cccc3n2)c1. The lowest BCUT2D eigenvalue weighted by molar-refractivity contribution is -0.115. The van der Waals surface area contributed by atoms with Gasteiger partial charge in [-0.1, -0.05) is 48.5 Å². The number of pyridine rings is 2. The van der Waals surface area contributed by atoms with Gasteiger partial charge in [0, 0.05) is 24.2 Å². The summed E-state index contributed by atoms with van der Waals surface area (Å²) in [5.41, 5.74) is 8.95. The Hall–Kier alpha value is -4.70. The molecule has 5 aromatic rings. The maximum atomic E-state index is 12.6. The molecule has 0 spiro atoms.